The van der Waals surface area contributed by atoms with E-state index in [-0.39, 0.29) is 5.91 Å². The van der Waals surface area contributed by atoms with E-state index >= 15 is 0 Å². The van der Waals surface area contributed by atoms with Crippen LogP contribution in [0.3, 0.4) is 0 Å². The van der Waals surface area contributed by atoms with E-state index in [1.54, 1.807) is 24.7 Å². The van der Waals surface area contributed by atoms with Gasteiger partial charge in [0.1, 0.15) is 5.82 Å². The molecule has 1 saturated heterocycles. The molecule has 1 amide bonds. The van der Waals surface area contributed by atoms with Crippen molar-refractivity contribution < 1.29 is 4.79 Å². The van der Waals surface area contributed by atoms with E-state index in [1.807, 2.05) is 23.9 Å². The molecule has 0 bridgehead atoms. The summed E-state index contributed by atoms with van der Waals surface area (Å²) in [5.74, 6) is 1.33. The van der Waals surface area contributed by atoms with E-state index in [0.29, 0.717) is 11.5 Å². The summed E-state index contributed by atoms with van der Waals surface area (Å²) >= 11 is 0. The number of rotatable bonds is 4. The van der Waals surface area contributed by atoms with Crippen molar-refractivity contribution in [2.24, 2.45) is 5.92 Å². The van der Waals surface area contributed by atoms with E-state index in [4.69, 9.17) is 0 Å². The maximum Gasteiger partial charge on any atom is 0.255 e. The number of hydrogen-bond acceptors (Lipinski definition) is 6. The lowest BCUT2D eigenvalue weighted by Gasteiger charge is -2.33. The van der Waals surface area contributed by atoms with Crippen LogP contribution < -0.4 is 4.90 Å². The van der Waals surface area contributed by atoms with Crippen LogP contribution in [0.1, 0.15) is 28.9 Å². The normalized spacial score (nSPS) is 17.6. The largest absolute Gasteiger partial charge is 0.361 e. The van der Waals surface area contributed by atoms with Crippen LogP contribution in [0, 0.1) is 5.92 Å². The Morgan fingerprint density at radius 2 is 2.08 bits per heavy atom. The molecule has 7 nitrogen and oxygen atoms in total. The Labute approximate surface area is 141 Å². The zero-order valence-electron chi connectivity index (χ0n) is 14.1. The molecule has 0 radical (unpaired) electrons. The molecule has 24 heavy (non-hydrogen) atoms. The molecule has 7 heteroatoms. The number of likely N-dealkylation sites (tertiary alicyclic amines) is 1. The Balaban J connectivity index is 1.69. The molecule has 2 aromatic rings. The first-order chi connectivity index (χ1) is 11.6. The summed E-state index contributed by atoms with van der Waals surface area (Å²) in [4.78, 5) is 25.4. The number of aromatic nitrogens is 4. The smallest absolute Gasteiger partial charge is 0.255 e. The van der Waals surface area contributed by atoms with Gasteiger partial charge in [-0.25, -0.2) is 4.98 Å². The van der Waals surface area contributed by atoms with Gasteiger partial charge in [-0.05, 0) is 31.2 Å². The molecule has 1 unspecified atom stereocenters. The number of nitrogens with zero attached hydrogens (tertiary/aromatic N) is 6. The second-order valence-corrected chi connectivity index (χ2v) is 6.32. The number of carbonyl (C=O) groups excluding carboxylic acids is 1. The maximum absolute atomic E-state index is 12.6. The zero-order chi connectivity index (χ0) is 16.9. The first kappa shape index (κ1) is 16.3. The standard InChI is InChI=1S/C17H22N6O/c1-22(2)16-15(18-7-8-19-16)10-13-4-3-9-23(12-13)17(24)14-5-6-20-21-11-14/h5-8,11,13H,3-4,9-10,12H2,1-2H3. The molecule has 1 atom stereocenters. The average Bonchev–Trinajstić information content (AvgIpc) is 2.62. The van der Waals surface area contributed by atoms with Gasteiger partial charge in [0.25, 0.3) is 5.91 Å². The van der Waals surface area contributed by atoms with Crippen LogP contribution >= 0.6 is 0 Å². The third-order valence-electron chi connectivity index (χ3n) is 4.30. The summed E-state index contributed by atoms with van der Waals surface area (Å²) in [6, 6.07) is 1.71. The number of piperidine rings is 1. The Hall–Kier alpha value is -2.57. The van der Waals surface area contributed by atoms with Crippen molar-refractivity contribution in [1.82, 2.24) is 25.1 Å². The first-order valence-corrected chi connectivity index (χ1v) is 8.18. The monoisotopic (exact) mass is 326 g/mol. The maximum atomic E-state index is 12.6. The lowest BCUT2D eigenvalue weighted by atomic mass is 9.92. The molecule has 126 valence electrons. The van der Waals surface area contributed by atoms with E-state index in [0.717, 1.165) is 43.9 Å². The first-order valence-electron chi connectivity index (χ1n) is 8.18. The molecule has 0 N–H and O–H groups in total. The molecule has 0 saturated carbocycles. The molecule has 0 aromatic carbocycles. The van der Waals surface area contributed by atoms with Gasteiger partial charge in [-0.1, -0.05) is 0 Å². The molecule has 1 aliphatic heterocycles. The molecule has 1 aliphatic rings. The second-order valence-electron chi connectivity index (χ2n) is 6.32. The Bertz CT molecular complexity index is 690. The van der Waals surface area contributed by atoms with Gasteiger partial charge in [0.05, 0.1) is 23.7 Å². The second kappa shape index (κ2) is 7.33. The van der Waals surface area contributed by atoms with Gasteiger partial charge >= 0.3 is 0 Å². The van der Waals surface area contributed by atoms with E-state index in [9.17, 15) is 4.79 Å². The van der Waals surface area contributed by atoms with Gasteiger partial charge in [0.15, 0.2) is 0 Å². The predicted octanol–water partition coefficient (Wildman–Crippen LogP) is 1.43. The van der Waals surface area contributed by atoms with Crippen LogP contribution in [0.5, 0.6) is 0 Å². The number of anilines is 1. The summed E-state index contributed by atoms with van der Waals surface area (Å²) in [5, 5.41) is 7.53. The fraction of sp³-hybridized carbons (Fsp3) is 0.471. The van der Waals surface area contributed by atoms with Crippen LogP contribution in [-0.4, -0.2) is 58.2 Å². The highest BCUT2D eigenvalue weighted by atomic mass is 16.2. The van der Waals surface area contributed by atoms with Gasteiger partial charge in [0.2, 0.25) is 0 Å². The van der Waals surface area contributed by atoms with Crippen molar-refractivity contribution in [3.8, 4) is 0 Å². The average molecular weight is 326 g/mol. The lowest BCUT2D eigenvalue weighted by molar-refractivity contribution is 0.0672. The third kappa shape index (κ3) is 3.67. The molecular weight excluding hydrogens is 304 g/mol. The van der Waals surface area contributed by atoms with Crippen LogP contribution in [0.15, 0.2) is 30.9 Å². The van der Waals surface area contributed by atoms with Crippen molar-refractivity contribution in [1.29, 1.82) is 0 Å². The highest BCUT2D eigenvalue weighted by molar-refractivity contribution is 5.93. The lowest BCUT2D eigenvalue weighted by Crippen LogP contribution is -2.40. The van der Waals surface area contributed by atoms with Crippen molar-refractivity contribution in [3.63, 3.8) is 0 Å². The molecule has 1 fully saturated rings. The minimum absolute atomic E-state index is 0.0292. The van der Waals surface area contributed by atoms with Gasteiger partial charge < -0.3 is 9.80 Å². The van der Waals surface area contributed by atoms with Crippen molar-refractivity contribution >= 4 is 11.7 Å². The van der Waals surface area contributed by atoms with Gasteiger partial charge in [0, 0.05) is 39.6 Å². The Morgan fingerprint density at radius 3 is 2.83 bits per heavy atom. The fourth-order valence-corrected chi connectivity index (χ4v) is 3.17. The summed E-state index contributed by atoms with van der Waals surface area (Å²) in [6.45, 7) is 1.53. The predicted molar refractivity (Wildman–Crippen MR) is 90.7 cm³/mol. The van der Waals surface area contributed by atoms with Crippen molar-refractivity contribution in [3.05, 3.63) is 42.1 Å². The summed E-state index contributed by atoms with van der Waals surface area (Å²) in [7, 11) is 3.95. The van der Waals surface area contributed by atoms with Crippen molar-refractivity contribution in [2.45, 2.75) is 19.3 Å². The number of amides is 1. The third-order valence-corrected chi connectivity index (χ3v) is 4.30. The van der Waals surface area contributed by atoms with Crippen LogP contribution in [-0.2, 0) is 6.42 Å². The molecule has 2 aromatic heterocycles. The van der Waals surface area contributed by atoms with E-state index in [1.165, 1.54) is 6.20 Å². The topological polar surface area (TPSA) is 75.1 Å². The van der Waals surface area contributed by atoms with Crippen molar-refractivity contribution in [2.75, 3.05) is 32.1 Å². The van der Waals surface area contributed by atoms with Crippen LogP contribution in [0.2, 0.25) is 0 Å². The summed E-state index contributed by atoms with van der Waals surface area (Å²) < 4.78 is 0. The van der Waals surface area contributed by atoms with Gasteiger partial charge in [-0.15, -0.1) is 0 Å². The Morgan fingerprint density at radius 1 is 1.25 bits per heavy atom. The Kier molecular flexibility index (Phi) is 4.98. The highest BCUT2D eigenvalue weighted by Crippen LogP contribution is 2.24. The minimum atomic E-state index is 0.0292. The fourth-order valence-electron chi connectivity index (χ4n) is 3.17. The molecule has 3 heterocycles. The van der Waals surface area contributed by atoms with E-state index in [2.05, 4.69) is 20.2 Å². The van der Waals surface area contributed by atoms with Crippen LogP contribution in [0.25, 0.3) is 0 Å². The molecule has 0 aliphatic carbocycles. The minimum Gasteiger partial charge on any atom is -0.361 e. The highest BCUT2D eigenvalue weighted by Gasteiger charge is 2.26. The molecule has 0 spiro atoms. The number of carbonyl (C=O) groups is 1. The molecular formula is C17H22N6O. The van der Waals surface area contributed by atoms with E-state index < -0.39 is 0 Å². The zero-order valence-corrected chi connectivity index (χ0v) is 14.1. The van der Waals surface area contributed by atoms with Crippen LogP contribution in [0.4, 0.5) is 5.82 Å². The SMILES string of the molecule is CN(C)c1nccnc1CC1CCCN(C(=O)c2ccnnc2)C1. The summed E-state index contributed by atoms with van der Waals surface area (Å²) in [5.41, 5.74) is 1.59. The quantitative estimate of drug-likeness (QED) is 0.846. The summed E-state index contributed by atoms with van der Waals surface area (Å²) in [6.07, 6.45) is 9.47. The van der Waals surface area contributed by atoms with Gasteiger partial charge in [-0.3, -0.25) is 9.78 Å². The number of hydrogen-bond donors (Lipinski definition) is 0. The molecule has 3 rings (SSSR count). The van der Waals surface area contributed by atoms with Gasteiger partial charge in [-0.2, -0.15) is 10.2 Å².